The van der Waals surface area contributed by atoms with E-state index in [0.29, 0.717) is 26.9 Å². The lowest BCUT2D eigenvalue weighted by Gasteiger charge is -2.12. The van der Waals surface area contributed by atoms with Crippen molar-refractivity contribution in [2.75, 3.05) is 11.9 Å². The molecule has 172 valence electrons. The molecule has 1 saturated heterocycles. The Morgan fingerprint density at radius 2 is 1.79 bits per heavy atom. The molecule has 4 rings (SSSR count). The van der Waals surface area contributed by atoms with Crippen LogP contribution >= 0.6 is 23.4 Å². The number of aryl methyl sites for hydroxylation is 1. The zero-order valence-corrected chi connectivity index (χ0v) is 19.9. The van der Waals surface area contributed by atoms with Crippen LogP contribution in [0.4, 0.5) is 10.5 Å². The summed E-state index contributed by atoms with van der Waals surface area (Å²) in [6.45, 7) is 2.00. The fraction of sp³-hybridized carbons (Fsp3) is 0.115. The summed E-state index contributed by atoms with van der Waals surface area (Å²) in [4.78, 5) is 38.9. The quantitative estimate of drug-likeness (QED) is 0.415. The third-order valence-electron chi connectivity index (χ3n) is 4.99. The highest BCUT2D eigenvalue weighted by molar-refractivity contribution is 8.18. The number of halogens is 1. The van der Waals surface area contributed by atoms with Gasteiger partial charge in [0.2, 0.25) is 0 Å². The minimum Gasteiger partial charge on any atom is -0.484 e. The van der Waals surface area contributed by atoms with E-state index in [0.717, 1.165) is 22.9 Å². The van der Waals surface area contributed by atoms with Gasteiger partial charge in [-0.05, 0) is 72.3 Å². The van der Waals surface area contributed by atoms with Gasteiger partial charge in [-0.15, -0.1) is 0 Å². The molecule has 0 atom stereocenters. The zero-order chi connectivity index (χ0) is 24.1. The first kappa shape index (κ1) is 23.6. The number of nitrogens with one attached hydrogen (secondary N) is 1. The van der Waals surface area contributed by atoms with Gasteiger partial charge in [0.15, 0.2) is 6.61 Å². The molecule has 3 amide bonds. The van der Waals surface area contributed by atoms with Gasteiger partial charge in [0.1, 0.15) is 5.75 Å². The van der Waals surface area contributed by atoms with Crippen LogP contribution in [0, 0.1) is 6.92 Å². The number of hydrogen-bond acceptors (Lipinski definition) is 5. The van der Waals surface area contributed by atoms with Crippen LogP contribution in [0.25, 0.3) is 6.08 Å². The molecule has 0 saturated carbocycles. The number of carbonyl (C=O) groups excluding carboxylic acids is 3. The van der Waals surface area contributed by atoms with E-state index in [-0.39, 0.29) is 30.2 Å². The molecule has 3 aromatic carbocycles. The molecule has 0 radical (unpaired) electrons. The molecular formula is C26H21ClN2O4S. The second-order valence-electron chi connectivity index (χ2n) is 7.67. The van der Waals surface area contributed by atoms with Crippen LogP contribution in [0.3, 0.4) is 0 Å². The monoisotopic (exact) mass is 492 g/mol. The van der Waals surface area contributed by atoms with E-state index < -0.39 is 0 Å². The average molecular weight is 493 g/mol. The first-order chi connectivity index (χ1) is 16.4. The molecule has 1 aliphatic rings. The number of anilines is 1. The number of thioether (sulfide) groups is 1. The predicted molar refractivity (Wildman–Crippen MR) is 135 cm³/mol. The number of amides is 3. The van der Waals surface area contributed by atoms with Crippen molar-refractivity contribution >= 4 is 52.2 Å². The Bertz CT molecular complexity index is 1260. The van der Waals surface area contributed by atoms with Crippen LogP contribution in [-0.2, 0) is 16.1 Å². The van der Waals surface area contributed by atoms with Gasteiger partial charge in [-0.1, -0.05) is 53.6 Å². The van der Waals surface area contributed by atoms with Crippen molar-refractivity contribution in [2.24, 2.45) is 0 Å². The maximum absolute atomic E-state index is 12.8. The topological polar surface area (TPSA) is 75.7 Å². The van der Waals surface area contributed by atoms with Gasteiger partial charge in [-0.3, -0.25) is 19.3 Å². The molecule has 1 aliphatic heterocycles. The zero-order valence-electron chi connectivity index (χ0n) is 18.3. The number of nitrogens with zero attached hydrogens (tertiary/aromatic N) is 1. The van der Waals surface area contributed by atoms with Crippen molar-refractivity contribution in [3.63, 3.8) is 0 Å². The van der Waals surface area contributed by atoms with E-state index in [1.165, 1.54) is 4.90 Å². The highest BCUT2D eigenvalue weighted by atomic mass is 35.5. The fourth-order valence-electron chi connectivity index (χ4n) is 3.24. The summed E-state index contributed by atoms with van der Waals surface area (Å²) in [5.74, 6) is -0.153. The van der Waals surface area contributed by atoms with Gasteiger partial charge in [0.25, 0.3) is 17.1 Å². The minimum atomic E-state index is -0.353. The lowest BCUT2D eigenvalue weighted by atomic mass is 10.2. The van der Waals surface area contributed by atoms with Crippen LogP contribution in [-0.4, -0.2) is 28.6 Å². The lowest BCUT2D eigenvalue weighted by Crippen LogP contribution is -2.27. The summed E-state index contributed by atoms with van der Waals surface area (Å²) in [5, 5.41) is 3.04. The Morgan fingerprint density at radius 3 is 2.53 bits per heavy atom. The molecule has 0 bridgehead atoms. The number of carbonyl (C=O) groups is 3. The number of benzene rings is 3. The van der Waals surface area contributed by atoms with Gasteiger partial charge in [0.05, 0.1) is 11.4 Å². The first-order valence-corrected chi connectivity index (χ1v) is 11.7. The Labute approximate surface area is 206 Å². The molecule has 0 unspecified atom stereocenters. The van der Waals surface area contributed by atoms with Crippen LogP contribution in [0.5, 0.6) is 5.75 Å². The summed E-state index contributed by atoms with van der Waals surface area (Å²) in [6, 6.07) is 21.5. The molecule has 0 aliphatic carbocycles. The van der Waals surface area contributed by atoms with E-state index in [1.807, 2.05) is 31.2 Å². The Kier molecular flexibility index (Phi) is 7.35. The number of rotatable bonds is 7. The van der Waals surface area contributed by atoms with Crippen molar-refractivity contribution < 1.29 is 19.1 Å². The molecule has 1 N–H and O–H groups in total. The maximum atomic E-state index is 12.8. The van der Waals surface area contributed by atoms with E-state index in [9.17, 15) is 14.4 Å². The number of hydrogen-bond donors (Lipinski definition) is 1. The molecule has 3 aromatic rings. The molecule has 0 aromatic heterocycles. The molecule has 8 heteroatoms. The molecule has 1 fully saturated rings. The van der Waals surface area contributed by atoms with Gasteiger partial charge >= 0.3 is 0 Å². The van der Waals surface area contributed by atoms with Gasteiger partial charge in [-0.25, -0.2) is 0 Å². The van der Waals surface area contributed by atoms with E-state index in [4.69, 9.17) is 16.3 Å². The third-order valence-corrected chi connectivity index (χ3v) is 6.15. The summed E-state index contributed by atoms with van der Waals surface area (Å²) in [7, 11) is 0. The first-order valence-electron chi connectivity index (χ1n) is 10.5. The van der Waals surface area contributed by atoms with Crippen molar-refractivity contribution in [1.29, 1.82) is 0 Å². The highest BCUT2D eigenvalue weighted by Gasteiger charge is 2.34. The number of imide groups is 1. The van der Waals surface area contributed by atoms with Gasteiger partial charge in [-0.2, -0.15) is 0 Å². The Morgan fingerprint density at radius 1 is 1.06 bits per heavy atom. The van der Waals surface area contributed by atoms with Crippen LogP contribution in [0.1, 0.15) is 16.7 Å². The molecule has 6 nitrogen and oxygen atoms in total. The third kappa shape index (κ3) is 6.07. The minimum absolute atomic E-state index is 0.158. The molecule has 34 heavy (non-hydrogen) atoms. The fourth-order valence-corrected chi connectivity index (χ4v) is 4.20. The standard InChI is InChI=1S/C26H21ClN2O4S/c1-17-5-11-21(12-6-17)28-24(30)16-33-22-4-2-3-19(13-22)14-23-25(31)29(26(32)34-23)15-18-7-9-20(27)10-8-18/h2-14H,15-16H2,1H3,(H,28,30)/b23-14-. The lowest BCUT2D eigenvalue weighted by molar-refractivity contribution is -0.123. The van der Waals surface area contributed by atoms with Crippen molar-refractivity contribution in [3.8, 4) is 5.75 Å². The van der Waals surface area contributed by atoms with E-state index >= 15 is 0 Å². The predicted octanol–water partition coefficient (Wildman–Crippen LogP) is 5.90. The molecule has 1 heterocycles. The summed E-state index contributed by atoms with van der Waals surface area (Å²) >= 11 is 6.79. The summed E-state index contributed by atoms with van der Waals surface area (Å²) in [6.07, 6.45) is 1.64. The van der Waals surface area contributed by atoms with Crippen molar-refractivity contribution in [2.45, 2.75) is 13.5 Å². The SMILES string of the molecule is Cc1ccc(NC(=O)COc2cccc(/C=C3\SC(=O)N(Cc4ccc(Cl)cc4)C3=O)c2)cc1. The number of ether oxygens (including phenoxy) is 1. The second-order valence-corrected chi connectivity index (χ2v) is 9.10. The van der Waals surface area contributed by atoms with Crippen molar-refractivity contribution in [3.05, 3.63) is 99.4 Å². The van der Waals surface area contributed by atoms with E-state index in [1.54, 1.807) is 54.6 Å². The summed E-state index contributed by atoms with van der Waals surface area (Å²) in [5.41, 5.74) is 3.30. The van der Waals surface area contributed by atoms with Crippen molar-refractivity contribution in [1.82, 2.24) is 4.90 Å². The normalized spacial score (nSPS) is 14.5. The smallest absolute Gasteiger partial charge is 0.293 e. The summed E-state index contributed by atoms with van der Waals surface area (Å²) < 4.78 is 5.61. The molecule has 0 spiro atoms. The Hall–Kier alpha value is -3.55. The average Bonchev–Trinajstić information content (AvgIpc) is 3.08. The van der Waals surface area contributed by atoms with E-state index in [2.05, 4.69) is 5.32 Å². The largest absolute Gasteiger partial charge is 0.484 e. The van der Waals surface area contributed by atoms with Crippen LogP contribution in [0.15, 0.2) is 77.7 Å². The van der Waals surface area contributed by atoms with Crippen LogP contribution in [0.2, 0.25) is 5.02 Å². The van der Waals surface area contributed by atoms with Crippen LogP contribution < -0.4 is 10.1 Å². The second kappa shape index (κ2) is 10.6. The maximum Gasteiger partial charge on any atom is 0.293 e. The van der Waals surface area contributed by atoms with Gasteiger partial charge < -0.3 is 10.1 Å². The van der Waals surface area contributed by atoms with Gasteiger partial charge in [0, 0.05) is 10.7 Å². The molecular weight excluding hydrogens is 472 g/mol. The Balaban J connectivity index is 1.38. The highest BCUT2D eigenvalue weighted by Crippen LogP contribution is 2.33.